The maximum absolute atomic E-state index is 12.4. The molecule has 0 aliphatic carbocycles. The van der Waals surface area contributed by atoms with E-state index in [2.05, 4.69) is 5.32 Å². The van der Waals surface area contributed by atoms with Gasteiger partial charge >= 0.3 is 5.97 Å². The zero-order valence-electron chi connectivity index (χ0n) is 14.6. The molecule has 26 heavy (non-hydrogen) atoms. The average molecular weight is 383 g/mol. The highest BCUT2D eigenvalue weighted by Crippen LogP contribution is 2.26. The maximum Gasteiger partial charge on any atom is 0.309 e. The standard InChI is InChI=1S/C19H21ClF2N2O2/c1-24(12-14-6-4-3-5-13(14)7-19(25)26-2)17-9-15(20)8-16(10-17)23-11-18(21)22/h3-6,8-10,18,23H,7,11-12H2,1-2H3. The van der Waals surface area contributed by atoms with E-state index in [-0.39, 0.29) is 12.4 Å². The van der Waals surface area contributed by atoms with Gasteiger partial charge in [0.15, 0.2) is 0 Å². The molecule has 2 rings (SSSR count). The molecule has 0 spiro atoms. The number of carbonyl (C=O) groups is 1. The Morgan fingerprint density at radius 2 is 1.92 bits per heavy atom. The predicted octanol–water partition coefficient (Wildman–Crippen LogP) is 4.37. The summed E-state index contributed by atoms with van der Waals surface area (Å²) in [5, 5.41) is 3.12. The van der Waals surface area contributed by atoms with Gasteiger partial charge in [-0.2, -0.15) is 0 Å². The molecule has 0 amide bonds. The van der Waals surface area contributed by atoms with Crippen LogP contribution >= 0.6 is 11.6 Å². The van der Waals surface area contributed by atoms with Gasteiger partial charge in [0, 0.05) is 30.0 Å². The minimum absolute atomic E-state index is 0.192. The molecule has 0 fully saturated rings. The molecule has 1 N–H and O–H groups in total. The Kier molecular flexibility index (Phi) is 7.21. The Hall–Kier alpha value is -2.34. The third-order valence-electron chi connectivity index (χ3n) is 3.87. The molecule has 0 unspecified atom stereocenters. The molecule has 0 aliphatic rings. The fourth-order valence-electron chi connectivity index (χ4n) is 2.55. The molecule has 0 saturated heterocycles. The monoisotopic (exact) mass is 382 g/mol. The molecule has 4 nitrogen and oxygen atoms in total. The van der Waals surface area contributed by atoms with Crippen LogP contribution in [-0.4, -0.2) is 33.1 Å². The minimum atomic E-state index is -2.44. The molecule has 0 bridgehead atoms. The number of hydrogen-bond donors (Lipinski definition) is 1. The van der Waals surface area contributed by atoms with Crippen molar-refractivity contribution in [1.29, 1.82) is 0 Å². The SMILES string of the molecule is COC(=O)Cc1ccccc1CN(C)c1cc(Cl)cc(NCC(F)F)c1. The number of nitrogens with zero attached hydrogens (tertiary/aromatic N) is 1. The van der Waals surface area contributed by atoms with Crippen molar-refractivity contribution in [3.8, 4) is 0 Å². The van der Waals surface area contributed by atoms with Crippen molar-refractivity contribution in [2.75, 3.05) is 30.9 Å². The Morgan fingerprint density at radius 3 is 2.58 bits per heavy atom. The van der Waals surface area contributed by atoms with Gasteiger partial charge in [-0.1, -0.05) is 35.9 Å². The zero-order valence-corrected chi connectivity index (χ0v) is 15.4. The van der Waals surface area contributed by atoms with Crippen LogP contribution in [0.25, 0.3) is 0 Å². The quantitative estimate of drug-likeness (QED) is 0.688. The van der Waals surface area contributed by atoms with E-state index in [9.17, 15) is 13.6 Å². The highest BCUT2D eigenvalue weighted by Gasteiger charge is 2.11. The molecule has 0 saturated carbocycles. The topological polar surface area (TPSA) is 41.6 Å². The van der Waals surface area contributed by atoms with E-state index in [1.165, 1.54) is 7.11 Å². The van der Waals surface area contributed by atoms with Gasteiger partial charge in [-0.05, 0) is 29.3 Å². The normalized spacial score (nSPS) is 10.7. The number of alkyl halides is 2. The lowest BCUT2D eigenvalue weighted by Crippen LogP contribution is -2.19. The van der Waals surface area contributed by atoms with Crippen molar-refractivity contribution in [2.45, 2.75) is 19.4 Å². The molecule has 140 valence electrons. The van der Waals surface area contributed by atoms with Crippen LogP contribution < -0.4 is 10.2 Å². The van der Waals surface area contributed by atoms with E-state index in [1.807, 2.05) is 36.2 Å². The second kappa shape index (κ2) is 9.38. The summed E-state index contributed by atoms with van der Waals surface area (Å²) in [4.78, 5) is 13.5. The summed E-state index contributed by atoms with van der Waals surface area (Å²) in [5.74, 6) is -0.304. The van der Waals surface area contributed by atoms with Gasteiger partial charge < -0.3 is 15.0 Å². The van der Waals surface area contributed by atoms with Gasteiger partial charge in [-0.3, -0.25) is 4.79 Å². The second-order valence-corrected chi connectivity index (χ2v) is 6.28. The van der Waals surface area contributed by atoms with Crippen molar-refractivity contribution < 1.29 is 18.3 Å². The van der Waals surface area contributed by atoms with Crippen LogP contribution in [0.2, 0.25) is 5.02 Å². The third kappa shape index (κ3) is 5.88. The van der Waals surface area contributed by atoms with Gasteiger partial charge in [0.05, 0.1) is 20.1 Å². The van der Waals surface area contributed by atoms with Crippen LogP contribution in [0.5, 0.6) is 0 Å². The first-order valence-corrected chi connectivity index (χ1v) is 8.44. The number of carbonyl (C=O) groups excluding carboxylic acids is 1. The first kappa shape index (κ1) is 20.0. The van der Waals surface area contributed by atoms with Crippen molar-refractivity contribution >= 4 is 28.9 Å². The van der Waals surface area contributed by atoms with Crippen molar-refractivity contribution in [2.24, 2.45) is 0 Å². The summed E-state index contributed by atoms with van der Waals surface area (Å²) in [5.41, 5.74) is 3.16. The third-order valence-corrected chi connectivity index (χ3v) is 4.09. The highest BCUT2D eigenvalue weighted by atomic mass is 35.5. The van der Waals surface area contributed by atoms with E-state index in [0.717, 1.165) is 16.8 Å². The summed E-state index contributed by atoms with van der Waals surface area (Å²) in [7, 11) is 3.23. The van der Waals surface area contributed by atoms with Crippen molar-refractivity contribution in [1.82, 2.24) is 0 Å². The number of halogens is 3. The van der Waals surface area contributed by atoms with E-state index in [4.69, 9.17) is 16.3 Å². The Morgan fingerprint density at radius 1 is 1.23 bits per heavy atom. The first-order valence-electron chi connectivity index (χ1n) is 8.06. The second-order valence-electron chi connectivity index (χ2n) is 5.85. The lowest BCUT2D eigenvalue weighted by atomic mass is 10.0. The highest BCUT2D eigenvalue weighted by molar-refractivity contribution is 6.31. The van der Waals surface area contributed by atoms with Gasteiger partial charge in [0.2, 0.25) is 0 Å². The van der Waals surface area contributed by atoms with Crippen molar-refractivity contribution in [3.63, 3.8) is 0 Å². The summed E-state index contributed by atoms with van der Waals surface area (Å²) in [6.07, 6.45) is -2.25. The molecule has 0 heterocycles. The predicted molar refractivity (Wildman–Crippen MR) is 100 cm³/mol. The maximum atomic E-state index is 12.4. The molecular weight excluding hydrogens is 362 g/mol. The van der Waals surface area contributed by atoms with Crippen LogP contribution in [0.15, 0.2) is 42.5 Å². The lowest BCUT2D eigenvalue weighted by Gasteiger charge is -2.22. The van der Waals surface area contributed by atoms with Gasteiger partial charge in [0.1, 0.15) is 0 Å². The number of ether oxygens (including phenoxy) is 1. The summed E-state index contributed by atoms with van der Waals surface area (Å²) >= 11 is 6.12. The lowest BCUT2D eigenvalue weighted by molar-refractivity contribution is -0.139. The van der Waals surface area contributed by atoms with Crippen molar-refractivity contribution in [3.05, 3.63) is 58.6 Å². The number of hydrogen-bond acceptors (Lipinski definition) is 4. The largest absolute Gasteiger partial charge is 0.469 e. The molecule has 2 aromatic carbocycles. The van der Waals surface area contributed by atoms with Gasteiger partial charge in [-0.15, -0.1) is 0 Å². The Balaban J connectivity index is 2.17. The van der Waals surface area contributed by atoms with E-state index in [0.29, 0.717) is 17.3 Å². The molecular formula is C19H21ClF2N2O2. The van der Waals surface area contributed by atoms with Crippen LogP contribution in [0.4, 0.5) is 20.2 Å². The smallest absolute Gasteiger partial charge is 0.309 e. The molecule has 0 aliphatic heterocycles. The van der Waals surface area contributed by atoms with Crippen LogP contribution in [-0.2, 0) is 22.5 Å². The fourth-order valence-corrected chi connectivity index (χ4v) is 2.78. The van der Waals surface area contributed by atoms with Crippen LogP contribution in [0.1, 0.15) is 11.1 Å². The van der Waals surface area contributed by atoms with Crippen LogP contribution in [0, 0.1) is 0 Å². The number of anilines is 2. The molecule has 7 heteroatoms. The molecule has 0 atom stereocenters. The summed E-state index contributed by atoms with van der Waals surface area (Å²) in [6.45, 7) is 0.0905. The van der Waals surface area contributed by atoms with E-state index >= 15 is 0 Å². The number of esters is 1. The van der Waals surface area contributed by atoms with E-state index < -0.39 is 13.0 Å². The molecule has 2 aromatic rings. The van der Waals surface area contributed by atoms with E-state index in [1.54, 1.807) is 18.2 Å². The number of benzene rings is 2. The fraction of sp³-hybridized carbons (Fsp3) is 0.316. The van der Waals surface area contributed by atoms with Crippen LogP contribution in [0.3, 0.4) is 0 Å². The number of methoxy groups -OCH3 is 1. The van der Waals surface area contributed by atoms with Gasteiger partial charge in [0.25, 0.3) is 6.43 Å². The minimum Gasteiger partial charge on any atom is -0.469 e. The molecule has 0 aromatic heterocycles. The Bertz CT molecular complexity index is 756. The number of nitrogens with one attached hydrogen (secondary N) is 1. The average Bonchev–Trinajstić information content (AvgIpc) is 2.61. The Labute approximate surface area is 156 Å². The molecule has 0 radical (unpaired) electrons. The zero-order chi connectivity index (χ0) is 19.1. The first-order chi connectivity index (χ1) is 12.4. The summed E-state index contributed by atoms with van der Waals surface area (Å²) in [6, 6.07) is 12.7. The van der Waals surface area contributed by atoms with Gasteiger partial charge in [-0.25, -0.2) is 8.78 Å². The number of rotatable bonds is 8. The summed E-state index contributed by atoms with van der Waals surface area (Å²) < 4.78 is 29.5.